The molecule has 1 aromatic heterocycles. The fraction of sp³-hybridized carbons (Fsp3) is 0.583. The second kappa shape index (κ2) is 5.23. The molecular formula is C12H16BrNO3. The van der Waals surface area contributed by atoms with Gasteiger partial charge in [-0.2, -0.15) is 0 Å². The quantitative estimate of drug-likeness (QED) is 0.912. The molecule has 0 radical (unpaired) electrons. The van der Waals surface area contributed by atoms with Gasteiger partial charge in [0.2, 0.25) is 0 Å². The van der Waals surface area contributed by atoms with E-state index < -0.39 is 0 Å². The molecule has 5 heteroatoms. The number of nitrogens with zero attached hydrogens (tertiary/aromatic N) is 1. The smallest absolute Gasteiger partial charge is 0.289 e. The van der Waals surface area contributed by atoms with Crippen LogP contribution in [0.4, 0.5) is 0 Å². The molecule has 1 aromatic rings. The van der Waals surface area contributed by atoms with Crippen LogP contribution in [0.25, 0.3) is 0 Å². The molecule has 2 rings (SSSR count). The number of carbonyl (C=O) groups excluding carboxylic acids is 1. The van der Waals surface area contributed by atoms with Crippen molar-refractivity contribution in [3.05, 3.63) is 22.6 Å². The summed E-state index contributed by atoms with van der Waals surface area (Å²) in [4.78, 5) is 13.9. The number of amides is 1. The lowest BCUT2D eigenvalue weighted by atomic mass is 9.93. The van der Waals surface area contributed by atoms with Crippen molar-refractivity contribution in [3.8, 4) is 0 Å². The van der Waals surface area contributed by atoms with Crippen molar-refractivity contribution in [1.29, 1.82) is 0 Å². The topological polar surface area (TPSA) is 53.7 Å². The standard InChI is InChI=1S/C12H16BrNO3/c1-8(15)9-3-2-6-14(7-9)12(16)10-4-5-11(13)17-10/h4-5,8-9,15H,2-3,6-7H2,1H3. The first-order chi connectivity index (χ1) is 8.08. The van der Waals surface area contributed by atoms with Gasteiger partial charge in [0.05, 0.1) is 6.10 Å². The zero-order valence-electron chi connectivity index (χ0n) is 9.73. The third kappa shape index (κ3) is 2.90. The number of hydrogen-bond acceptors (Lipinski definition) is 3. The van der Waals surface area contributed by atoms with Crippen LogP contribution in [-0.2, 0) is 0 Å². The van der Waals surface area contributed by atoms with Gasteiger partial charge in [-0.05, 0) is 47.8 Å². The van der Waals surface area contributed by atoms with Crippen LogP contribution in [-0.4, -0.2) is 35.1 Å². The molecule has 0 aliphatic carbocycles. The Morgan fingerprint density at radius 2 is 2.41 bits per heavy atom. The van der Waals surface area contributed by atoms with Crippen molar-refractivity contribution in [2.75, 3.05) is 13.1 Å². The number of aliphatic hydroxyl groups excluding tert-OH is 1. The minimum atomic E-state index is -0.367. The maximum atomic E-state index is 12.1. The summed E-state index contributed by atoms with van der Waals surface area (Å²) in [5, 5.41) is 9.58. The van der Waals surface area contributed by atoms with E-state index in [0.29, 0.717) is 17.0 Å². The molecule has 0 bridgehead atoms. The van der Waals surface area contributed by atoms with Crippen LogP contribution >= 0.6 is 15.9 Å². The molecule has 2 atom stereocenters. The minimum absolute atomic E-state index is 0.0962. The number of hydrogen-bond donors (Lipinski definition) is 1. The van der Waals surface area contributed by atoms with E-state index in [1.165, 1.54) is 0 Å². The van der Waals surface area contributed by atoms with Crippen LogP contribution in [0, 0.1) is 5.92 Å². The van der Waals surface area contributed by atoms with Crippen LogP contribution in [0.15, 0.2) is 21.2 Å². The Balaban J connectivity index is 2.04. The number of likely N-dealkylation sites (tertiary alicyclic amines) is 1. The van der Waals surface area contributed by atoms with Crippen molar-refractivity contribution in [1.82, 2.24) is 4.90 Å². The fourth-order valence-corrected chi connectivity index (χ4v) is 2.48. The second-order valence-corrected chi connectivity index (χ2v) is 5.28. The zero-order chi connectivity index (χ0) is 12.4. The van der Waals surface area contributed by atoms with Crippen LogP contribution in [0.2, 0.25) is 0 Å². The van der Waals surface area contributed by atoms with E-state index in [0.717, 1.165) is 19.4 Å². The van der Waals surface area contributed by atoms with E-state index in [1.54, 1.807) is 24.0 Å². The monoisotopic (exact) mass is 301 g/mol. The molecule has 2 unspecified atom stereocenters. The summed E-state index contributed by atoms with van der Waals surface area (Å²) in [5.41, 5.74) is 0. The maximum Gasteiger partial charge on any atom is 0.289 e. The Labute approximate surface area is 109 Å². The Morgan fingerprint density at radius 1 is 1.65 bits per heavy atom. The lowest BCUT2D eigenvalue weighted by Gasteiger charge is -2.33. The summed E-state index contributed by atoms with van der Waals surface area (Å²) in [5.74, 6) is 0.426. The number of piperidine rings is 1. The zero-order valence-corrected chi connectivity index (χ0v) is 11.3. The predicted octanol–water partition coefficient (Wildman–Crippen LogP) is 2.28. The summed E-state index contributed by atoms with van der Waals surface area (Å²) in [7, 11) is 0. The first kappa shape index (κ1) is 12.6. The van der Waals surface area contributed by atoms with Gasteiger partial charge in [0.25, 0.3) is 5.91 Å². The van der Waals surface area contributed by atoms with Crippen molar-refractivity contribution in [2.24, 2.45) is 5.92 Å². The number of rotatable bonds is 2. The van der Waals surface area contributed by atoms with Gasteiger partial charge in [0, 0.05) is 19.0 Å². The average Bonchev–Trinajstić information content (AvgIpc) is 2.75. The molecule has 1 aliphatic heterocycles. The van der Waals surface area contributed by atoms with Crippen LogP contribution in [0.5, 0.6) is 0 Å². The molecule has 0 spiro atoms. The normalized spacial score (nSPS) is 22.5. The largest absolute Gasteiger partial charge is 0.444 e. The average molecular weight is 302 g/mol. The third-order valence-corrected chi connectivity index (χ3v) is 3.64. The maximum absolute atomic E-state index is 12.1. The number of carbonyl (C=O) groups is 1. The Kier molecular flexibility index (Phi) is 3.89. The Bertz CT molecular complexity index is 402. The van der Waals surface area contributed by atoms with E-state index in [9.17, 15) is 9.90 Å². The van der Waals surface area contributed by atoms with Gasteiger partial charge in [-0.1, -0.05) is 0 Å². The fourth-order valence-electron chi connectivity index (χ4n) is 2.17. The van der Waals surface area contributed by atoms with Gasteiger partial charge >= 0.3 is 0 Å². The first-order valence-corrected chi connectivity index (χ1v) is 6.60. The van der Waals surface area contributed by atoms with Crippen LogP contribution < -0.4 is 0 Å². The molecule has 1 saturated heterocycles. The highest BCUT2D eigenvalue weighted by atomic mass is 79.9. The molecule has 1 fully saturated rings. The van der Waals surface area contributed by atoms with Gasteiger partial charge in [0.15, 0.2) is 10.4 Å². The highest BCUT2D eigenvalue weighted by molar-refractivity contribution is 9.10. The Morgan fingerprint density at radius 3 is 3.00 bits per heavy atom. The highest BCUT2D eigenvalue weighted by Crippen LogP contribution is 2.22. The second-order valence-electron chi connectivity index (χ2n) is 4.50. The van der Waals surface area contributed by atoms with E-state index in [4.69, 9.17) is 4.42 Å². The molecule has 0 aromatic carbocycles. The van der Waals surface area contributed by atoms with Crippen molar-refractivity contribution >= 4 is 21.8 Å². The minimum Gasteiger partial charge on any atom is -0.444 e. The molecule has 0 saturated carbocycles. The number of aliphatic hydroxyl groups is 1. The lowest BCUT2D eigenvalue weighted by molar-refractivity contribution is 0.0442. The predicted molar refractivity (Wildman–Crippen MR) is 66.7 cm³/mol. The van der Waals surface area contributed by atoms with Gasteiger partial charge in [0.1, 0.15) is 0 Å². The van der Waals surface area contributed by atoms with Gasteiger partial charge in [-0.15, -0.1) is 0 Å². The summed E-state index contributed by atoms with van der Waals surface area (Å²) in [6, 6.07) is 3.38. The summed E-state index contributed by atoms with van der Waals surface area (Å²) in [6.07, 6.45) is 1.54. The summed E-state index contributed by atoms with van der Waals surface area (Å²) in [6.45, 7) is 3.12. The van der Waals surface area contributed by atoms with Crippen molar-refractivity contribution < 1.29 is 14.3 Å². The molecule has 1 amide bonds. The molecular weight excluding hydrogens is 286 g/mol. The first-order valence-electron chi connectivity index (χ1n) is 5.80. The van der Waals surface area contributed by atoms with Crippen molar-refractivity contribution in [3.63, 3.8) is 0 Å². The Hall–Kier alpha value is -0.810. The van der Waals surface area contributed by atoms with Crippen molar-refractivity contribution in [2.45, 2.75) is 25.9 Å². The SMILES string of the molecule is CC(O)C1CCCN(C(=O)c2ccc(Br)o2)C1. The van der Waals surface area contributed by atoms with Gasteiger partial charge < -0.3 is 14.4 Å². The molecule has 4 nitrogen and oxygen atoms in total. The summed E-state index contributed by atoms with van der Waals surface area (Å²) < 4.78 is 5.82. The van der Waals surface area contributed by atoms with Gasteiger partial charge in [-0.3, -0.25) is 4.79 Å². The van der Waals surface area contributed by atoms with E-state index in [-0.39, 0.29) is 17.9 Å². The highest BCUT2D eigenvalue weighted by Gasteiger charge is 2.28. The van der Waals surface area contributed by atoms with Crippen LogP contribution in [0.1, 0.15) is 30.3 Å². The third-order valence-electron chi connectivity index (χ3n) is 3.21. The molecule has 17 heavy (non-hydrogen) atoms. The summed E-state index contributed by atoms with van der Waals surface area (Å²) >= 11 is 3.18. The lowest BCUT2D eigenvalue weighted by Crippen LogP contribution is -2.42. The van der Waals surface area contributed by atoms with Crippen LogP contribution in [0.3, 0.4) is 0 Å². The molecule has 2 heterocycles. The number of halogens is 1. The molecule has 94 valence electrons. The molecule has 1 aliphatic rings. The van der Waals surface area contributed by atoms with E-state index >= 15 is 0 Å². The molecule has 1 N–H and O–H groups in total. The van der Waals surface area contributed by atoms with E-state index in [2.05, 4.69) is 15.9 Å². The van der Waals surface area contributed by atoms with E-state index in [1.807, 2.05) is 0 Å². The van der Waals surface area contributed by atoms with Gasteiger partial charge in [-0.25, -0.2) is 0 Å². The number of furan rings is 1.